The first kappa shape index (κ1) is 24.6. The Balaban J connectivity index is 2.02. The van der Waals surface area contributed by atoms with E-state index in [2.05, 4.69) is 25.3 Å². The number of ether oxygens (including phenoxy) is 1. The van der Waals surface area contributed by atoms with Crippen LogP contribution in [0, 0.1) is 11.6 Å². The van der Waals surface area contributed by atoms with Gasteiger partial charge in [-0.1, -0.05) is 13.3 Å². The van der Waals surface area contributed by atoms with Crippen LogP contribution in [-0.4, -0.2) is 40.9 Å². The summed E-state index contributed by atoms with van der Waals surface area (Å²) in [6, 6.07) is 1.95. The Morgan fingerprint density at radius 2 is 1.75 bits per heavy atom. The normalized spacial score (nSPS) is 12.1. The molecule has 0 aliphatic carbocycles. The summed E-state index contributed by atoms with van der Waals surface area (Å²) >= 11 is 0. The van der Waals surface area contributed by atoms with Gasteiger partial charge < -0.3 is 10.1 Å². The van der Waals surface area contributed by atoms with Crippen LogP contribution in [0.2, 0.25) is 0 Å². The summed E-state index contributed by atoms with van der Waals surface area (Å²) in [5, 5.41) is 5.10. The molecular formula is C22H24F2N4O4. The van der Waals surface area contributed by atoms with E-state index < -0.39 is 35.5 Å². The Hall–Kier alpha value is -3.69. The lowest BCUT2D eigenvalue weighted by Gasteiger charge is -2.17. The van der Waals surface area contributed by atoms with Crippen molar-refractivity contribution >= 4 is 29.3 Å². The molecule has 0 aliphatic heterocycles. The number of rotatable bonds is 9. The van der Waals surface area contributed by atoms with Gasteiger partial charge in [0.05, 0.1) is 13.5 Å². The van der Waals surface area contributed by atoms with Crippen molar-refractivity contribution in [3.05, 3.63) is 59.4 Å². The molecule has 1 unspecified atom stereocenters. The van der Waals surface area contributed by atoms with Crippen LogP contribution in [0.5, 0.6) is 0 Å². The van der Waals surface area contributed by atoms with Crippen molar-refractivity contribution in [2.24, 2.45) is 0 Å². The van der Waals surface area contributed by atoms with E-state index in [9.17, 15) is 23.2 Å². The van der Waals surface area contributed by atoms with Crippen LogP contribution in [0.3, 0.4) is 0 Å². The first-order chi connectivity index (χ1) is 15.2. The number of hydrogen-bond donors (Lipinski definition) is 2. The average Bonchev–Trinajstić information content (AvgIpc) is 2.72. The third kappa shape index (κ3) is 7.53. The molecule has 1 aromatic heterocycles. The number of aromatic nitrogens is 2. The number of benzene rings is 1. The molecule has 2 amide bonds. The van der Waals surface area contributed by atoms with Crippen LogP contribution in [0.25, 0.3) is 5.57 Å². The smallest absolute Gasteiger partial charge is 0.330 e. The number of amides is 2. The molecule has 1 heterocycles. The molecule has 32 heavy (non-hydrogen) atoms. The van der Waals surface area contributed by atoms with Crippen molar-refractivity contribution in [3.8, 4) is 0 Å². The minimum atomic E-state index is -0.880. The summed E-state index contributed by atoms with van der Waals surface area (Å²) in [6.07, 6.45) is 4.82. The molecule has 170 valence electrons. The quantitative estimate of drug-likeness (QED) is 0.453. The molecule has 0 saturated carbocycles. The summed E-state index contributed by atoms with van der Waals surface area (Å²) in [7, 11) is 1.27. The Morgan fingerprint density at radius 3 is 2.31 bits per heavy atom. The average molecular weight is 446 g/mol. The lowest BCUT2D eigenvalue weighted by atomic mass is 10.1. The summed E-state index contributed by atoms with van der Waals surface area (Å²) in [4.78, 5) is 44.3. The molecule has 0 radical (unpaired) electrons. The summed E-state index contributed by atoms with van der Waals surface area (Å²) in [5.41, 5.74) is 1.30. The predicted octanol–water partition coefficient (Wildman–Crippen LogP) is 2.80. The first-order valence-electron chi connectivity index (χ1n) is 9.85. The molecule has 0 bridgehead atoms. The monoisotopic (exact) mass is 446 g/mol. The Bertz CT molecular complexity index is 989. The van der Waals surface area contributed by atoms with Gasteiger partial charge in [0.2, 0.25) is 17.8 Å². The molecule has 2 aromatic rings. The standard InChI is InChI=1S/C22H24F2N4O4/c1-4-5-18(27-19(29)9-14-7-16(23)10-17(24)8-14)21(31)28-22-25-11-15(12-26-22)13(2)6-20(30)32-3/h6-8,10-12,18H,4-5,9H2,1-3H3,(H,27,29)(H,25,26,28,31). The van der Waals surface area contributed by atoms with Crippen LogP contribution in [0.15, 0.2) is 36.7 Å². The van der Waals surface area contributed by atoms with Gasteiger partial charge in [0.15, 0.2) is 0 Å². The van der Waals surface area contributed by atoms with Crippen LogP contribution < -0.4 is 10.6 Å². The van der Waals surface area contributed by atoms with E-state index in [-0.39, 0.29) is 17.9 Å². The summed E-state index contributed by atoms with van der Waals surface area (Å²) in [5.74, 6) is -3.14. The van der Waals surface area contributed by atoms with Gasteiger partial charge in [-0.2, -0.15) is 0 Å². The van der Waals surface area contributed by atoms with Gasteiger partial charge in [0.1, 0.15) is 17.7 Å². The molecular weight excluding hydrogens is 422 g/mol. The molecule has 1 atom stereocenters. The molecule has 0 fully saturated rings. The zero-order valence-electron chi connectivity index (χ0n) is 17.9. The van der Waals surface area contributed by atoms with E-state index in [1.165, 1.54) is 25.6 Å². The number of carbonyl (C=O) groups excluding carboxylic acids is 3. The molecule has 8 nitrogen and oxygen atoms in total. The second kappa shape index (κ2) is 11.6. The van der Waals surface area contributed by atoms with Crippen molar-refractivity contribution in [3.63, 3.8) is 0 Å². The SMILES string of the molecule is CCCC(NC(=O)Cc1cc(F)cc(F)c1)C(=O)Nc1ncc(C(C)=CC(=O)OC)cn1. The molecule has 10 heteroatoms. The maximum atomic E-state index is 13.3. The predicted molar refractivity (Wildman–Crippen MR) is 113 cm³/mol. The number of hydrogen-bond acceptors (Lipinski definition) is 6. The number of nitrogens with zero attached hydrogens (tertiary/aromatic N) is 2. The first-order valence-corrected chi connectivity index (χ1v) is 9.85. The van der Waals surface area contributed by atoms with Gasteiger partial charge in [0.25, 0.3) is 0 Å². The minimum absolute atomic E-state index is 0.0205. The maximum absolute atomic E-state index is 13.3. The Kier molecular flexibility index (Phi) is 8.94. The molecule has 2 rings (SSSR count). The van der Waals surface area contributed by atoms with Crippen molar-refractivity contribution in [1.82, 2.24) is 15.3 Å². The lowest BCUT2D eigenvalue weighted by Crippen LogP contribution is -2.44. The zero-order valence-corrected chi connectivity index (χ0v) is 17.9. The molecule has 2 N–H and O–H groups in total. The van der Waals surface area contributed by atoms with Crippen molar-refractivity contribution in [2.75, 3.05) is 12.4 Å². The summed E-state index contributed by atoms with van der Waals surface area (Å²) < 4.78 is 31.2. The highest BCUT2D eigenvalue weighted by molar-refractivity contribution is 5.96. The number of esters is 1. The number of carbonyl (C=O) groups is 3. The van der Waals surface area contributed by atoms with Gasteiger partial charge in [-0.3, -0.25) is 14.9 Å². The van der Waals surface area contributed by atoms with Crippen LogP contribution >= 0.6 is 0 Å². The number of nitrogens with one attached hydrogen (secondary N) is 2. The Labute approximate surface area is 184 Å². The van der Waals surface area contributed by atoms with Crippen molar-refractivity contribution in [2.45, 2.75) is 39.2 Å². The van der Waals surface area contributed by atoms with E-state index in [1.807, 2.05) is 6.92 Å². The number of halogens is 2. The van der Waals surface area contributed by atoms with E-state index in [4.69, 9.17) is 0 Å². The number of anilines is 1. The Morgan fingerprint density at radius 1 is 1.12 bits per heavy atom. The molecule has 0 aliphatic rings. The van der Waals surface area contributed by atoms with Gasteiger partial charge in [-0.15, -0.1) is 0 Å². The van der Waals surface area contributed by atoms with Gasteiger partial charge >= 0.3 is 5.97 Å². The third-order valence-electron chi connectivity index (χ3n) is 4.39. The van der Waals surface area contributed by atoms with Crippen molar-refractivity contribution < 1.29 is 27.9 Å². The lowest BCUT2D eigenvalue weighted by molar-refractivity contribution is -0.134. The third-order valence-corrected chi connectivity index (χ3v) is 4.39. The van der Waals surface area contributed by atoms with Gasteiger partial charge in [-0.25, -0.2) is 23.5 Å². The van der Waals surface area contributed by atoms with Crippen LogP contribution in [0.1, 0.15) is 37.8 Å². The highest BCUT2D eigenvalue weighted by Crippen LogP contribution is 2.13. The van der Waals surface area contributed by atoms with E-state index in [1.54, 1.807) is 6.92 Å². The molecule has 1 aromatic carbocycles. The van der Waals surface area contributed by atoms with Gasteiger partial charge in [0, 0.05) is 30.1 Å². The number of allylic oxidation sites excluding steroid dienone is 1. The highest BCUT2D eigenvalue weighted by Gasteiger charge is 2.21. The van der Waals surface area contributed by atoms with Crippen molar-refractivity contribution in [1.29, 1.82) is 0 Å². The van der Waals surface area contributed by atoms with Crippen LogP contribution in [-0.2, 0) is 25.5 Å². The second-order valence-electron chi connectivity index (χ2n) is 7.00. The second-order valence-corrected chi connectivity index (χ2v) is 7.00. The fourth-order valence-electron chi connectivity index (χ4n) is 2.81. The van der Waals surface area contributed by atoms with E-state index >= 15 is 0 Å². The zero-order chi connectivity index (χ0) is 23.7. The molecule has 0 spiro atoms. The highest BCUT2D eigenvalue weighted by atomic mass is 19.1. The molecule has 0 saturated heterocycles. The summed E-state index contributed by atoms with van der Waals surface area (Å²) in [6.45, 7) is 3.53. The van der Waals surface area contributed by atoms with E-state index in [0.29, 0.717) is 30.0 Å². The topological polar surface area (TPSA) is 110 Å². The fourth-order valence-corrected chi connectivity index (χ4v) is 2.81. The minimum Gasteiger partial charge on any atom is -0.466 e. The fraction of sp³-hybridized carbons (Fsp3) is 0.318. The van der Waals surface area contributed by atoms with E-state index in [0.717, 1.165) is 12.1 Å². The van der Waals surface area contributed by atoms with Gasteiger partial charge in [-0.05, 0) is 36.6 Å². The number of methoxy groups -OCH3 is 1. The van der Waals surface area contributed by atoms with Crippen LogP contribution in [0.4, 0.5) is 14.7 Å². The largest absolute Gasteiger partial charge is 0.466 e. The maximum Gasteiger partial charge on any atom is 0.330 e.